The number of carbonyl (C=O) groups is 2. The Morgan fingerprint density at radius 2 is 2.00 bits per heavy atom. The Morgan fingerprint density at radius 1 is 1.32 bits per heavy atom. The highest BCUT2D eigenvalue weighted by atomic mass is 16.5. The second-order valence-electron chi connectivity index (χ2n) is 6.42. The summed E-state index contributed by atoms with van der Waals surface area (Å²) in [4.78, 5) is 23.2. The van der Waals surface area contributed by atoms with Gasteiger partial charge in [-0.05, 0) is 57.7 Å². The van der Waals surface area contributed by atoms with Crippen LogP contribution in [0.1, 0.15) is 49.9 Å². The zero-order valence-corrected chi connectivity index (χ0v) is 13.1. The predicted octanol–water partition coefficient (Wildman–Crippen LogP) is 2.85. The lowest BCUT2D eigenvalue weighted by molar-refractivity contribution is -0.146. The molecule has 2 rings (SSSR count). The van der Waals surface area contributed by atoms with Crippen molar-refractivity contribution in [1.82, 2.24) is 5.32 Å². The third-order valence-electron chi connectivity index (χ3n) is 3.97. The van der Waals surface area contributed by atoms with Crippen LogP contribution in [0.25, 0.3) is 0 Å². The van der Waals surface area contributed by atoms with Crippen molar-refractivity contribution in [2.75, 3.05) is 6.54 Å². The average Bonchev–Trinajstić information content (AvgIpc) is 2.98. The van der Waals surface area contributed by atoms with Gasteiger partial charge in [0.15, 0.2) is 0 Å². The number of carboxylic acid groups (broad SMARTS) is 1. The van der Waals surface area contributed by atoms with Gasteiger partial charge in [-0.15, -0.1) is 0 Å². The summed E-state index contributed by atoms with van der Waals surface area (Å²) >= 11 is 0. The molecule has 0 atom stereocenters. The van der Waals surface area contributed by atoms with Crippen molar-refractivity contribution >= 4 is 11.9 Å². The molecule has 5 heteroatoms. The van der Waals surface area contributed by atoms with Crippen molar-refractivity contribution in [3.05, 3.63) is 29.8 Å². The van der Waals surface area contributed by atoms with Gasteiger partial charge >= 0.3 is 5.97 Å². The molecule has 0 radical (unpaired) electrons. The Hall–Kier alpha value is -2.04. The quantitative estimate of drug-likeness (QED) is 0.847. The molecule has 1 aromatic rings. The molecule has 1 aliphatic carbocycles. The van der Waals surface area contributed by atoms with Crippen molar-refractivity contribution in [2.45, 2.75) is 45.6 Å². The maximum absolute atomic E-state index is 12.1. The molecule has 1 fully saturated rings. The number of nitrogens with one attached hydrogen (secondary N) is 1. The number of carbonyl (C=O) groups excluding carboxylic acids is 1. The molecule has 0 aliphatic heterocycles. The Balaban J connectivity index is 1.96. The van der Waals surface area contributed by atoms with Gasteiger partial charge in [0, 0.05) is 12.1 Å². The molecule has 1 saturated carbocycles. The fraction of sp³-hybridized carbons (Fsp3) is 0.529. The first-order valence-corrected chi connectivity index (χ1v) is 7.67. The second-order valence-corrected chi connectivity index (χ2v) is 6.42. The van der Waals surface area contributed by atoms with Gasteiger partial charge in [0.25, 0.3) is 5.91 Å². The number of aliphatic carboxylic acids is 1. The van der Waals surface area contributed by atoms with Crippen LogP contribution < -0.4 is 10.1 Å². The van der Waals surface area contributed by atoms with Crippen LogP contribution in [0.3, 0.4) is 0 Å². The van der Waals surface area contributed by atoms with E-state index in [9.17, 15) is 9.59 Å². The van der Waals surface area contributed by atoms with Gasteiger partial charge in [-0.25, -0.2) is 0 Å². The Labute approximate surface area is 130 Å². The lowest BCUT2D eigenvalue weighted by atomic mass is 9.94. The van der Waals surface area contributed by atoms with E-state index in [0.29, 0.717) is 11.3 Å². The van der Waals surface area contributed by atoms with Crippen LogP contribution in [-0.2, 0) is 4.79 Å². The van der Waals surface area contributed by atoms with Gasteiger partial charge in [-0.2, -0.15) is 0 Å². The third kappa shape index (κ3) is 4.23. The van der Waals surface area contributed by atoms with Crippen LogP contribution in [0, 0.1) is 5.41 Å². The molecule has 0 saturated heterocycles. The lowest BCUT2D eigenvalue weighted by Crippen LogP contribution is -2.38. The van der Waals surface area contributed by atoms with E-state index in [2.05, 4.69) is 5.32 Å². The smallest absolute Gasteiger partial charge is 0.310 e. The number of amides is 1. The number of carboxylic acids is 1. The zero-order valence-electron chi connectivity index (χ0n) is 13.1. The van der Waals surface area contributed by atoms with Gasteiger partial charge in [0.05, 0.1) is 11.5 Å². The summed E-state index contributed by atoms with van der Waals surface area (Å²) in [5.41, 5.74) is -0.509. The first-order chi connectivity index (χ1) is 10.4. The standard InChI is InChI=1S/C17H23NO4/c1-17(2,16(20)21)11-18-15(19)12-6-5-9-14(10-12)22-13-7-3-4-8-13/h5-6,9-10,13H,3-4,7-8,11H2,1-2H3,(H,18,19)(H,20,21). The van der Waals surface area contributed by atoms with Crippen LogP contribution in [0.5, 0.6) is 5.75 Å². The molecular formula is C17H23NO4. The molecule has 1 aromatic carbocycles. The van der Waals surface area contributed by atoms with Crippen molar-refractivity contribution in [1.29, 1.82) is 0 Å². The van der Waals surface area contributed by atoms with E-state index in [1.54, 1.807) is 32.0 Å². The summed E-state index contributed by atoms with van der Waals surface area (Å²) in [6, 6.07) is 7.03. The number of hydrogen-bond donors (Lipinski definition) is 2. The molecule has 1 aliphatic rings. The SMILES string of the molecule is CC(C)(CNC(=O)c1cccc(OC2CCCC2)c1)C(=O)O. The average molecular weight is 305 g/mol. The van der Waals surface area contributed by atoms with E-state index in [-0.39, 0.29) is 18.6 Å². The lowest BCUT2D eigenvalue weighted by Gasteiger charge is -2.19. The predicted molar refractivity (Wildman–Crippen MR) is 83.1 cm³/mol. The van der Waals surface area contributed by atoms with Crippen molar-refractivity contribution in [3.63, 3.8) is 0 Å². The summed E-state index contributed by atoms with van der Waals surface area (Å²) in [5, 5.41) is 11.7. The molecular weight excluding hydrogens is 282 g/mol. The molecule has 22 heavy (non-hydrogen) atoms. The highest BCUT2D eigenvalue weighted by molar-refractivity contribution is 5.94. The summed E-state index contributed by atoms with van der Waals surface area (Å²) in [5.74, 6) is -0.533. The molecule has 0 aromatic heterocycles. The highest BCUT2D eigenvalue weighted by Gasteiger charge is 2.27. The van der Waals surface area contributed by atoms with E-state index in [0.717, 1.165) is 12.8 Å². The van der Waals surface area contributed by atoms with Crippen molar-refractivity contribution in [2.24, 2.45) is 5.41 Å². The first-order valence-electron chi connectivity index (χ1n) is 7.67. The minimum Gasteiger partial charge on any atom is -0.490 e. The number of rotatable bonds is 6. The first kappa shape index (κ1) is 16.3. The molecule has 0 spiro atoms. The molecule has 120 valence electrons. The van der Waals surface area contributed by atoms with E-state index >= 15 is 0 Å². The summed E-state index contributed by atoms with van der Waals surface area (Å²) < 4.78 is 5.88. The van der Waals surface area contributed by atoms with Gasteiger partial charge in [-0.3, -0.25) is 9.59 Å². The maximum Gasteiger partial charge on any atom is 0.310 e. The van der Waals surface area contributed by atoms with E-state index in [1.807, 2.05) is 6.07 Å². The number of ether oxygens (including phenoxy) is 1. The fourth-order valence-corrected chi connectivity index (χ4v) is 2.39. The van der Waals surface area contributed by atoms with Gasteiger partial charge < -0.3 is 15.2 Å². The van der Waals surface area contributed by atoms with E-state index in [1.165, 1.54) is 12.8 Å². The molecule has 2 N–H and O–H groups in total. The Morgan fingerprint density at radius 3 is 2.64 bits per heavy atom. The molecule has 5 nitrogen and oxygen atoms in total. The van der Waals surface area contributed by atoms with E-state index < -0.39 is 11.4 Å². The molecule has 0 heterocycles. The van der Waals surface area contributed by atoms with Crippen molar-refractivity contribution in [3.8, 4) is 5.75 Å². The summed E-state index contributed by atoms with van der Waals surface area (Å²) in [7, 11) is 0. The topological polar surface area (TPSA) is 75.6 Å². The van der Waals surface area contributed by atoms with E-state index in [4.69, 9.17) is 9.84 Å². The Bertz CT molecular complexity index is 547. The summed E-state index contributed by atoms with van der Waals surface area (Å²) in [6.07, 6.45) is 4.74. The summed E-state index contributed by atoms with van der Waals surface area (Å²) in [6.45, 7) is 3.24. The van der Waals surface area contributed by atoms with Gasteiger partial charge in [-0.1, -0.05) is 6.07 Å². The normalized spacial score (nSPS) is 15.5. The Kier molecular flexibility index (Phi) is 5.06. The number of hydrogen-bond acceptors (Lipinski definition) is 3. The second kappa shape index (κ2) is 6.81. The monoisotopic (exact) mass is 305 g/mol. The maximum atomic E-state index is 12.1. The van der Waals surface area contributed by atoms with Crippen LogP contribution >= 0.6 is 0 Å². The van der Waals surface area contributed by atoms with Gasteiger partial charge in [0.2, 0.25) is 0 Å². The van der Waals surface area contributed by atoms with Crippen molar-refractivity contribution < 1.29 is 19.4 Å². The van der Waals surface area contributed by atoms with Gasteiger partial charge in [0.1, 0.15) is 5.75 Å². The molecule has 1 amide bonds. The third-order valence-corrected chi connectivity index (χ3v) is 3.97. The highest BCUT2D eigenvalue weighted by Crippen LogP contribution is 2.24. The zero-order chi connectivity index (χ0) is 16.2. The van der Waals surface area contributed by atoms with Crippen LogP contribution in [0.15, 0.2) is 24.3 Å². The van der Waals surface area contributed by atoms with Crippen LogP contribution in [0.4, 0.5) is 0 Å². The molecule has 0 unspecified atom stereocenters. The van der Waals surface area contributed by atoms with Crippen LogP contribution in [0.2, 0.25) is 0 Å². The largest absolute Gasteiger partial charge is 0.490 e. The fourth-order valence-electron chi connectivity index (χ4n) is 2.39. The minimum atomic E-state index is -0.992. The van der Waals surface area contributed by atoms with Crippen LogP contribution in [-0.4, -0.2) is 29.6 Å². The minimum absolute atomic E-state index is 0.0783. The number of benzene rings is 1. The molecule has 0 bridgehead atoms.